The van der Waals surface area contributed by atoms with Crippen LogP contribution in [0.5, 0.6) is 0 Å². The van der Waals surface area contributed by atoms with Gasteiger partial charge < -0.3 is 10.2 Å². The Morgan fingerprint density at radius 2 is 1.64 bits per heavy atom. The van der Waals surface area contributed by atoms with Crippen LogP contribution >= 0.6 is 0 Å². The van der Waals surface area contributed by atoms with E-state index in [9.17, 15) is 8.42 Å². The summed E-state index contributed by atoms with van der Waals surface area (Å²) in [7, 11) is -3.13. The molecule has 7 nitrogen and oxygen atoms in total. The molecule has 1 aromatic carbocycles. The third kappa shape index (κ3) is 4.46. The first kappa shape index (κ1) is 17.6. The predicted octanol–water partition coefficient (Wildman–Crippen LogP) is 1.92. The van der Waals surface area contributed by atoms with Gasteiger partial charge in [-0.15, -0.1) is 0 Å². The van der Waals surface area contributed by atoms with Gasteiger partial charge >= 0.3 is 0 Å². The Morgan fingerprint density at radius 3 is 2.24 bits per heavy atom. The first-order chi connectivity index (χ1) is 11.8. The van der Waals surface area contributed by atoms with Crippen LogP contribution in [0, 0.1) is 13.8 Å². The Bertz CT molecular complexity index is 844. The minimum atomic E-state index is -3.13. The molecule has 1 fully saturated rings. The van der Waals surface area contributed by atoms with Crippen LogP contribution in [-0.4, -0.2) is 55.1 Å². The Hall–Kier alpha value is -2.19. The summed E-state index contributed by atoms with van der Waals surface area (Å²) >= 11 is 0. The van der Waals surface area contributed by atoms with Crippen molar-refractivity contribution in [2.45, 2.75) is 13.8 Å². The van der Waals surface area contributed by atoms with E-state index in [4.69, 9.17) is 0 Å². The monoisotopic (exact) mass is 361 g/mol. The van der Waals surface area contributed by atoms with Crippen molar-refractivity contribution in [1.82, 2.24) is 14.3 Å². The molecule has 8 heteroatoms. The summed E-state index contributed by atoms with van der Waals surface area (Å²) in [6.07, 6.45) is 1.25. The molecule has 1 aliphatic rings. The van der Waals surface area contributed by atoms with Gasteiger partial charge in [0, 0.05) is 43.6 Å². The number of aryl methyl sites for hydroxylation is 2. The lowest BCUT2D eigenvalue weighted by Crippen LogP contribution is -2.48. The quantitative estimate of drug-likeness (QED) is 0.896. The minimum Gasteiger partial charge on any atom is -0.354 e. The second-order valence-corrected chi connectivity index (χ2v) is 8.31. The maximum atomic E-state index is 11.6. The van der Waals surface area contributed by atoms with Crippen molar-refractivity contribution in [1.29, 1.82) is 0 Å². The molecule has 0 spiro atoms. The van der Waals surface area contributed by atoms with E-state index in [2.05, 4.69) is 20.2 Å². The van der Waals surface area contributed by atoms with E-state index in [0.717, 1.165) is 17.2 Å². The summed E-state index contributed by atoms with van der Waals surface area (Å²) < 4.78 is 24.8. The van der Waals surface area contributed by atoms with Gasteiger partial charge in [0.1, 0.15) is 5.82 Å². The van der Waals surface area contributed by atoms with E-state index < -0.39 is 10.0 Å². The van der Waals surface area contributed by atoms with Crippen LogP contribution in [-0.2, 0) is 10.0 Å². The van der Waals surface area contributed by atoms with E-state index in [1.807, 2.05) is 44.2 Å². The highest BCUT2D eigenvalue weighted by molar-refractivity contribution is 7.88. The summed E-state index contributed by atoms with van der Waals surface area (Å²) in [5.41, 5.74) is 2.99. The average Bonchev–Trinajstić information content (AvgIpc) is 2.56. The van der Waals surface area contributed by atoms with Crippen LogP contribution in [0.1, 0.15) is 11.3 Å². The van der Waals surface area contributed by atoms with E-state index in [0.29, 0.717) is 32.1 Å². The number of sulfonamides is 1. The van der Waals surface area contributed by atoms with Crippen molar-refractivity contribution in [3.8, 4) is 0 Å². The van der Waals surface area contributed by atoms with Gasteiger partial charge in [0.25, 0.3) is 0 Å². The molecule has 0 radical (unpaired) electrons. The lowest BCUT2D eigenvalue weighted by Gasteiger charge is -2.34. The lowest BCUT2D eigenvalue weighted by molar-refractivity contribution is 0.387. The van der Waals surface area contributed by atoms with Gasteiger partial charge in [-0.25, -0.2) is 13.4 Å². The first-order valence-electron chi connectivity index (χ1n) is 8.21. The van der Waals surface area contributed by atoms with E-state index in [-0.39, 0.29) is 0 Å². The molecule has 1 aromatic heterocycles. The molecule has 0 saturated carbocycles. The summed E-state index contributed by atoms with van der Waals surface area (Å²) in [4.78, 5) is 11.1. The molecule has 0 atom stereocenters. The Balaban J connectivity index is 1.75. The molecule has 134 valence electrons. The lowest BCUT2D eigenvalue weighted by atomic mass is 10.2. The van der Waals surface area contributed by atoms with Crippen molar-refractivity contribution in [2.75, 3.05) is 42.7 Å². The Morgan fingerprint density at radius 1 is 1.00 bits per heavy atom. The molecule has 1 N–H and O–H groups in total. The van der Waals surface area contributed by atoms with Crippen molar-refractivity contribution in [2.24, 2.45) is 0 Å². The smallest absolute Gasteiger partial charge is 0.229 e. The topological polar surface area (TPSA) is 78.4 Å². The number of rotatable bonds is 4. The number of hydrogen-bond donors (Lipinski definition) is 1. The van der Waals surface area contributed by atoms with Crippen LogP contribution in [0.25, 0.3) is 0 Å². The van der Waals surface area contributed by atoms with Gasteiger partial charge in [0.2, 0.25) is 16.0 Å². The number of piperazine rings is 1. The zero-order valence-corrected chi connectivity index (χ0v) is 15.5. The second-order valence-electron chi connectivity index (χ2n) is 6.33. The zero-order valence-electron chi connectivity index (χ0n) is 14.7. The first-order valence-corrected chi connectivity index (χ1v) is 10.1. The summed E-state index contributed by atoms with van der Waals surface area (Å²) in [6.45, 7) is 6.16. The standard InChI is InChI=1S/C17H23N5O2S/c1-13-4-6-15(7-5-13)19-17-18-14(2)12-16(20-17)21-8-10-22(11-9-21)25(3,23)24/h4-7,12H,8-11H2,1-3H3,(H,18,19,20). The number of nitrogens with one attached hydrogen (secondary N) is 1. The SMILES string of the molecule is Cc1ccc(Nc2nc(C)cc(N3CCN(S(C)(=O)=O)CC3)n2)cc1. The third-order valence-electron chi connectivity index (χ3n) is 4.18. The van der Waals surface area contributed by atoms with E-state index in [1.54, 1.807) is 0 Å². The minimum absolute atomic E-state index is 0.475. The highest BCUT2D eigenvalue weighted by Crippen LogP contribution is 2.20. The summed E-state index contributed by atoms with van der Waals surface area (Å²) in [6, 6.07) is 9.97. The fourth-order valence-electron chi connectivity index (χ4n) is 2.78. The van der Waals surface area contributed by atoms with Crippen LogP contribution in [0.15, 0.2) is 30.3 Å². The van der Waals surface area contributed by atoms with Gasteiger partial charge in [-0.05, 0) is 26.0 Å². The zero-order chi connectivity index (χ0) is 18.0. The number of aromatic nitrogens is 2. The maximum absolute atomic E-state index is 11.6. The molecule has 0 amide bonds. The van der Waals surface area contributed by atoms with Gasteiger partial charge in [-0.3, -0.25) is 0 Å². The fourth-order valence-corrected chi connectivity index (χ4v) is 3.61. The van der Waals surface area contributed by atoms with Crippen molar-refractivity contribution >= 4 is 27.5 Å². The van der Waals surface area contributed by atoms with E-state index >= 15 is 0 Å². The van der Waals surface area contributed by atoms with Gasteiger partial charge in [-0.1, -0.05) is 17.7 Å². The molecule has 1 aliphatic heterocycles. The second kappa shape index (κ2) is 6.97. The molecule has 25 heavy (non-hydrogen) atoms. The van der Waals surface area contributed by atoms with Crippen molar-refractivity contribution < 1.29 is 8.42 Å². The molecule has 2 aromatic rings. The Labute approximate surface area is 148 Å². The molecule has 0 bridgehead atoms. The maximum Gasteiger partial charge on any atom is 0.229 e. The van der Waals surface area contributed by atoms with Crippen LogP contribution in [0.4, 0.5) is 17.5 Å². The Kier molecular flexibility index (Phi) is 4.91. The van der Waals surface area contributed by atoms with Crippen molar-refractivity contribution in [3.63, 3.8) is 0 Å². The average molecular weight is 361 g/mol. The van der Waals surface area contributed by atoms with Crippen LogP contribution in [0.3, 0.4) is 0 Å². The number of anilines is 3. The van der Waals surface area contributed by atoms with Gasteiger partial charge in [0.15, 0.2) is 0 Å². The molecule has 2 heterocycles. The predicted molar refractivity (Wildman–Crippen MR) is 99.9 cm³/mol. The summed E-state index contributed by atoms with van der Waals surface area (Å²) in [5.74, 6) is 1.36. The highest BCUT2D eigenvalue weighted by Gasteiger charge is 2.24. The molecule has 0 aliphatic carbocycles. The normalized spacial score (nSPS) is 16.0. The van der Waals surface area contributed by atoms with Gasteiger partial charge in [0.05, 0.1) is 6.26 Å². The largest absolute Gasteiger partial charge is 0.354 e. The van der Waals surface area contributed by atoms with E-state index in [1.165, 1.54) is 16.1 Å². The molecular formula is C17H23N5O2S. The van der Waals surface area contributed by atoms with Crippen LogP contribution in [0.2, 0.25) is 0 Å². The molecular weight excluding hydrogens is 338 g/mol. The number of hydrogen-bond acceptors (Lipinski definition) is 6. The van der Waals surface area contributed by atoms with Gasteiger partial charge in [-0.2, -0.15) is 9.29 Å². The number of benzene rings is 1. The van der Waals surface area contributed by atoms with Crippen LogP contribution < -0.4 is 10.2 Å². The molecule has 1 saturated heterocycles. The number of nitrogens with zero attached hydrogens (tertiary/aromatic N) is 4. The summed E-state index contributed by atoms with van der Waals surface area (Å²) in [5, 5.41) is 3.23. The molecule has 0 unspecified atom stereocenters. The third-order valence-corrected chi connectivity index (χ3v) is 5.48. The highest BCUT2D eigenvalue weighted by atomic mass is 32.2. The molecule has 3 rings (SSSR count). The van der Waals surface area contributed by atoms with Crippen molar-refractivity contribution in [3.05, 3.63) is 41.6 Å². The fraction of sp³-hybridized carbons (Fsp3) is 0.412.